The van der Waals surface area contributed by atoms with Crippen LogP contribution in [-0.2, 0) is 9.53 Å². The van der Waals surface area contributed by atoms with E-state index in [9.17, 15) is 4.79 Å². The van der Waals surface area contributed by atoms with Gasteiger partial charge in [-0.05, 0) is 37.1 Å². The predicted molar refractivity (Wildman–Crippen MR) is 92.3 cm³/mol. The molecule has 1 N–H and O–H groups in total. The Morgan fingerprint density at radius 2 is 2.04 bits per heavy atom. The van der Waals surface area contributed by atoms with Crippen molar-refractivity contribution in [3.63, 3.8) is 0 Å². The molecule has 5 nitrogen and oxygen atoms in total. The van der Waals surface area contributed by atoms with E-state index in [1.165, 1.54) is 6.08 Å². The molecule has 0 heterocycles. The summed E-state index contributed by atoms with van der Waals surface area (Å²) in [5.41, 5.74) is 0.768. The van der Waals surface area contributed by atoms with Gasteiger partial charge >= 0.3 is 0 Å². The SMILES string of the molecule is CCCOc1c(Cl)cc(C=CC(=O)NCCOC)cc1OCC. The Labute approximate surface area is 142 Å². The molecular weight excluding hydrogens is 318 g/mol. The fourth-order valence-electron chi connectivity index (χ4n) is 1.80. The molecule has 1 aromatic rings. The standard InChI is InChI=1S/C17H24ClNO4/c1-4-9-23-17-14(18)11-13(12-15(17)22-5-2)6-7-16(20)19-8-10-21-3/h6-7,11-12H,4-5,8-10H2,1-3H3,(H,19,20). The normalized spacial score (nSPS) is 10.8. The maximum Gasteiger partial charge on any atom is 0.244 e. The Kier molecular flexibility index (Phi) is 9.17. The molecule has 0 atom stereocenters. The minimum Gasteiger partial charge on any atom is -0.490 e. The van der Waals surface area contributed by atoms with Gasteiger partial charge in [-0.2, -0.15) is 0 Å². The number of carbonyl (C=O) groups is 1. The molecule has 1 rings (SSSR count). The van der Waals surface area contributed by atoms with Crippen LogP contribution >= 0.6 is 11.6 Å². The number of methoxy groups -OCH3 is 1. The number of ether oxygens (including phenoxy) is 3. The van der Waals surface area contributed by atoms with E-state index in [0.717, 1.165) is 12.0 Å². The average Bonchev–Trinajstić information content (AvgIpc) is 2.53. The molecule has 0 fully saturated rings. The summed E-state index contributed by atoms with van der Waals surface area (Å²) in [6.45, 7) is 5.93. The second-order valence-corrected chi connectivity index (χ2v) is 5.14. The molecule has 0 spiro atoms. The number of amides is 1. The number of rotatable bonds is 10. The monoisotopic (exact) mass is 341 g/mol. The van der Waals surface area contributed by atoms with Gasteiger partial charge in [0.15, 0.2) is 11.5 Å². The first kappa shape index (κ1) is 19.3. The highest BCUT2D eigenvalue weighted by Gasteiger charge is 2.11. The van der Waals surface area contributed by atoms with Crippen LogP contribution in [0, 0.1) is 0 Å². The summed E-state index contributed by atoms with van der Waals surface area (Å²) in [5.74, 6) is 0.924. The van der Waals surface area contributed by atoms with Crippen molar-refractivity contribution < 1.29 is 19.0 Å². The average molecular weight is 342 g/mol. The van der Waals surface area contributed by atoms with Crippen LogP contribution < -0.4 is 14.8 Å². The van der Waals surface area contributed by atoms with Gasteiger partial charge in [0.2, 0.25) is 5.91 Å². The lowest BCUT2D eigenvalue weighted by Gasteiger charge is -2.14. The molecule has 0 unspecified atom stereocenters. The molecule has 1 amide bonds. The van der Waals surface area contributed by atoms with Crippen molar-refractivity contribution in [2.45, 2.75) is 20.3 Å². The highest BCUT2D eigenvalue weighted by molar-refractivity contribution is 6.32. The molecule has 23 heavy (non-hydrogen) atoms. The summed E-state index contributed by atoms with van der Waals surface area (Å²) in [4.78, 5) is 11.7. The first-order valence-corrected chi connectivity index (χ1v) is 8.04. The van der Waals surface area contributed by atoms with Crippen LogP contribution in [-0.4, -0.2) is 39.4 Å². The van der Waals surface area contributed by atoms with E-state index >= 15 is 0 Å². The molecule has 0 aromatic heterocycles. The second kappa shape index (κ2) is 10.9. The quantitative estimate of drug-likeness (QED) is 0.524. The number of hydrogen-bond donors (Lipinski definition) is 1. The molecule has 6 heteroatoms. The fourth-order valence-corrected chi connectivity index (χ4v) is 2.07. The first-order valence-electron chi connectivity index (χ1n) is 7.66. The lowest BCUT2D eigenvalue weighted by molar-refractivity contribution is -0.116. The van der Waals surface area contributed by atoms with E-state index < -0.39 is 0 Å². The van der Waals surface area contributed by atoms with Crippen molar-refractivity contribution >= 4 is 23.6 Å². The van der Waals surface area contributed by atoms with Gasteiger partial charge in [-0.15, -0.1) is 0 Å². The Balaban J connectivity index is 2.85. The van der Waals surface area contributed by atoms with Crippen molar-refractivity contribution in [2.24, 2.45) is 0 Å². The van der Waals surface area contributed by atoms with Gasteiger partial charge in [-0.25, -0.2) is 0 Å². The lowest BCUT2D eigenvalue weighted by atomic mass is 10.2. The van der Waals surface area contributed by atoms with Gasteiger partial charge in [0, 0.05) is 19.7 Å². The number of halogens is 1. The summed E-state index contributed by atoms with van der Waals surface area (Å²) in [6, 6.07) is 3.55. The Morgan fingerprint density at radius 1 is 1.26 bits per heavy atom. The summed E-state index contributed by atoms with van der Waals surface area (Å²) in [5, 5.41) is 3.17. The molecule has 0 bridgehead atoms. The zero-order valence-corrected chi connectivity index (χ0v) is 14.6. The summed E-state index contributed by atoms with van der Waals surface area (Å²) in [7, 11) is 1.58. The maximum absolute atomic E-state index is 11.7. The van der Waals surface area contributed by atoms with Crippen LogP contribution in [0.4, 0.5) is 0 Å². The van der Waals surface area contributed by atoms with Gasteiger partial charge in [-0.3, -0.25) is 4.79 Å². The Hall–Kier alpha value is -1.72. The molecule has 0 radical (unpaired) electrons. The number of nitrogens with one attached hydrogen (secondary N) is 1. The highest BCUT2D eigenvalue weighted by atomic mass is 35.5. The smallest absolute Gasteiger partial charge is 0.244 e. The first-order chi connectivity index (χ1) is 11.1. The molecule has 0 saturated carbocycles. The van der Waals surface area contributed by atoms with Crippen LogP contribution in [0.5, 0.6) is 11.5 Å². The van der Waals surface area contributed by atoms with Gasteiger partial charge in [0.1, 0.15) is 0 Å². The van der Waals surface area contributed by atoms with Crippen LogP contribution in [0.1, 0.15) is 25.8 Å². The van der Waals surface area contributed by atoms with Crippen LogP contribution in [0.25, 0.3) is 6.08 Å². The minimum atomic E-state index is -0.192. The minimum absolute atomic E-state index is 0.192. The molecule has 128 valence electrons. The lowest BCUT2D eigenvalue weighted by Crippen LogP contribution is -2.24. The van der Waals surface area contributed by atoms with Crippen molar-refractivity contribution in [1.29, 1.82) is 0 Å². The molecular formula is C17H24ClNO4. The van der Waals surface area contributed by atoms with Crippen LogP contribution in [0.15, 0.2) is 18.2 Å². The summed E-state index contributed by atoms with van der Waals surface area (Å²) < 4.78 is 16.1. The van der Waals surface area contributed by atoms with E-state index in [0.29, 0.717) is 42.9 Å². The van der Waals surface area contributed by atoms with Crippen molar-refractivity contribution in [3.8, 4) is 11.5 Å². The summed E-state index contributed by atoms with van der Waals surface area (Å²) >= 11 is 6.27. The molecule has 0 saturated heterocycles. The molecule has 0 aliphatic heterocycles. The van der Waals surface area contributed by atoms with Gasteiger partial charge in [-0.1, -0.05) is 18.5 Å². The fraction of sp³-hybridized carbons (Fsp3) is 0.471. The molecule has 0 aliphatic rings. The van der Waals surface area contributed by atoms with E-state index in [1.807, 2.05) is 13.8 Å². The van der Waals surface area contributed by atoms with Crippen molar-refractivity contribution in [3.05, 3.63) is 28.8 Å². The zero-order chi connectivity index (χ0) is 17.1. The Morgan fingerprint density at radius 3 is 2.70 bits per heavy atom. The van der Waals surface area contributed by atoms with E-state index in [1.54, 1.807) is 25.3 Å². The largest absolute Gasteiger partial charge is 0.490 e. The second-order valence-electron chi connectivity index (χ2n) is 4.73. The van der Waals surface area contributed by atoms with Crippen LogP contribution in [0.3, 0.4) is 0 Å². The predicted octanol–water partition coefficient (Wildman–Crippen LogP) is 3.30. The van der Waals surface area contributed by atoms with Gasteiger partial charge in [0.05, 0.1) is 24.8 Å². The number of hydrogen-bond acceptors (Lipinski definition) is 4. The highest BCUT2D eigenvalue weighted by Crippen LogP contribution is 2.37. The third kappa shape index (κ3) is 6.93. The number of carbonyl (C=O) groups excluding carboxylic acids is 1. The topological polar surface area (TPSA) is 56.8 Å². The number of benzene rings is 1. The molecule has 0 aliphatic carbocycles. The van der Waals surface area contributed by atoms with E-state index in [4.69, 9.17) is 25.8 Å². The summed E-state index contributed by atoms with van der Waals surface area (Å²) in [6.07, 6.45) is 4.01. The van der Waals surface area contributed by atoms with E-state index in [2.05, 4.69) is 5.32 Å². The maximum atomic E-state index is 11.7. The van der Waals surface area contributed by atoms with Crippen LogP contribution in [0.2, 0.25) is 5.02 Å². The van der Waals surface area contributed by atoms with Gasteiger partial charge in [0.25, 0.3) is 0 Å². The third-order valence-corrected chi connectivity index (χ3v) is 3.10. The van der Waals surface area contributed by atoms with E-state index in [-0.39, 0.29) is 5.91 Å². The zero-order valence-electron chi connectivity index (χ0n) is 13.9. The van der Waals surface area contributed by atoms with Gasteiger partial charge < -0.3 is 19.5 Å². The van der Waals surface area contributed by atoms with Crippen molar-refractivity contribution in [1.82, 2.24) is 5.32 Å². The van der Waals surface area contributed by atoms with Crippen molar-refractivity contribution in [2.75, 3.05) is 33.5 Å². The molecule has 1 aromatic carbocycles. The Bertz CT molecular complexity index is 532. The third-order valence-electron chi connectivity index (χ3n) is 2.81.